The number of rotatable bonds is 4. The molecule has 1 unspecified atom stereocenters. The molecule has 0 saturated heterocycles. The van der Waals surface area contributed by atoms with E-state index in [1.807, 2.05) is 12.1 Å². The third kappa shape index (κ3) is 2.35. The number of nitrogens with one attached hydrogen (secondary N) is 1. The quantitative estimate of drug-likeness (QED) is 0.896. The van der Waals surface area contributed by atoms with Crippen LogP contribution in [0.25, 0.3) is 0 Å². The van der Waals surface area contributed by atoms with Crippen molar-refractivity contribution in [3.63, 3.8) is 0 Å². The number of fused-ring (bicyclic) bond motifs is 1. The molecule has 20 heavy (non-hydrogen) atoms. The van der Waals surface area contributed by atoms with Gasteiger partial charge in [0.15, 0.2) is 0 Å². The summed E-state index contributed by atoms with van der Waals surface area (Å²) in [6.07, 6.45) is 1.87. The van der Waals surface area contributed by atoms with Gasteiger partial charge in [0, 0.05) is 6.54 Å². The minimum Gasteiger partial charge on any atom is -0.394 e. The smallest absolute Gasteiger partial charge is 0.123 e. The molecule has 3 heteroatoms. The molecular weight excluding hydrogens is 253 g/mol. The molecule has 0 heterocycles. The van der Waals surface area contributed by atoms with Crippen LogP contribution in [0.1, 0.15) is 23.1 Å². The average Bonchev–Trinajstić information content (AvgIpc) is 2.86. The molecule has 3 rings (SSSR count). The van der Waals surface area contributed by atoms with Crippen molar-refractivity contribution in [2.45, 2.75) is 24.9 Å². The Bertz CT molecular complexity index is 596. The van der Waals surface area contributed by atoms with E-state index in [0.717, 1.165) is 18.4 Å². The topological polar surface area (TPSA) is 32.3 Å². The van der Waals surface area contributed by atoms with E-state index in [2.05, 4.69) is 17.4 Å². The lowest BCUT2D eigenvalue weighted by molar-refractivity contribution is 0.159. The van der Waals surface area contributed by atoms with E-state index in [0.29, 0.717) is 6.54 Å². The van der Waals surface area contributed by atoms with Crippen LogP contribution in [0, 0.1) is 5.82 Å². The summed E-state index contributed by atoms with van der Waals surface area (Å²) in [5.41, 5.74) is 3.13. The number of benzene rings is 2. The summed E-state index contributed by atoms with van der Waals surface area (Å²) in [7, 11) is 0. The maximum absolute atomic E-state index is 12.9. The van der Waals surface area contributed by atoms with Crippen LogP contribution in [0.2, 0.25) is 0 Å². The van der Waals surface area contributed by atoms with Gasteiger partial charge in [0.2, 0.25) is 0 Å². The zero-order chi connectivity index (χ0) is 14.0. The number of hydrogen-bond acceptors (Lipinski definition) is 2. The van der Waals surface area contributed by atoms with E-state index in [1.54, 1.807) is 12.1 Å². The molecule has 0 bridgehead atoms. The third-order valence-corrected chi connectivity index (χ3v) is 4.17. The van der Waals surface area contributed by atoms with Gasteiger partial charge in [0.1, 0.15) is 5.82 Å². The summed E-state index contributed by atoms with van der Waals surface area (Å²) in [5.74, 6) is -0.225. The molecule has 0 amide bonds. The number of aliphatic hydroxyl groups excluding tert-OH is 1. The highest BCUT2D eigenvalue weighted by atomic mass is 19.1. The zero-order valence-electron chi connectivity index (χ0n) is 11.3. The molecule has 1 aliphatic carbocycles. The molecule has 2 aromatic rings. The molecule has 1 atom stereocenters. The molecule has 0 aromatic heterocycles. The molecule has 2 N–H and O–H groups in total. The summed E-state index contributed by atoms with van der Waals surface area (Å²) in [4.78, 5) is 0. The van der Waals surface area contributed by atoms with Gasteiger partial charge in [-0.25, -0.2) is 4.39 Å². The molecule has 104 valence electrons. The Morgan fingerprint density at radius 3 is 2.60 bits per heavy atom. The van der Waals surface area contributed by atoms with Gasteiger partial charge in [-0.1, -0.05) is 36.4 Å². The fourth-order valence-corrected chi connectivity index (χ4v) is 2.97. The Kier molecular flexibility index (Phi) is 3.55. The lowest BCUT2D eigenvalue weighted by Crippen LogP contribution is -2.43. The Labute approximate surface area is 118 Å². The van der Waals surface area contributed by atoms with Crippen LogP contribution in [0.5, 0.6) is 0 Å². The Balaban J connectivity index is 1.80. The SMILES string of the molecule is OCC1(NCc2ccc(F)cc2)CCc2ccccc21. The normalized spacial score (nSPS) is 20.9. The molecule has 0 saturated carbocycles. The number of aliphatic hydroxyl groups is 1. The van der Waals surface area contributed by atoms with Crippen molar-refractivity contribution in [3.8, 4) is 0 Å². The number of aryl methyl sites for hydroxylation is 1. The Hall–Kier alpha value is -1.71. The molecule has 1 aliphatic rings. The highest BCUT2D eigenvalue weighted by Crippen LogP contribution is 2.36. The van der Waals surface area contributed by atoms with Crippen LogP contribution in [0.3, 0.4) is 0 Å². The minimum atomic E-state index is -0.370. The van der Waals surface area contributed by atoms with Gasteiger partial charge < -0.3 is 10.4 Å². The van der Waals surface area contributed by atoms with Crippen LogP contribution >= 0.6 is 0 Å². The maximum Gasteiger partial charge on any atom is 0.123 e. The van der Waals surface area contributed by atoms with Crippen LogP contribution in [0.4, 0.5) is 4.39 Å². The van der Waals surface area contributed by atoms with E-state index >= 15 is 0 Å². The maximum atomic E-state index is 12.9. The summed E-state index contributed by atoms with van der Waals surface area (Å²) >= 11 is 0. The minimum absolute atomic E-state index is 0.0746. The largest absolute Gasteiger partial charge is 0.394 e. The van der Waals surface area contributed by atoms with Gasteiger partial charge >= 0.3 is 0 Å². The molecule has 0 radical (unpaired) electrons. The average molecular weight is 271 g/mol. The van der Waals surface area contributed by atoms with Crippen molar-refractivity contribution in [2.75, 3.05) is 6.61 Å². The van der Waals surface area contributed by atoms with Gasteiger partial charge in [0.05, 0.1) is 12.1 Å². The van der Waals surface area contributed by atoms with Crippen molar-refractivity contribution >= 4 is 0 Å². The van der Waals surface area contributed by atoms with E-state index in [9.17, 15) is 9.50 Å². The van der Waals surface area contributed by atoms with Crippen molar-refractivity contribution in [1.29, 1.82) is 0 Å². The van der Waals surface area contributed by atoms with Gasteiger partial charge in [0.25, 0.3) is 0 Å². The summed E-state index contributed by atoms with van der Waals surface area (Å²) in [6, 6.07) is 14.7. The molecule has 2 nitrogen and oxygen atoms in total. The standard InChI is InChI=1S/C17H18FNO/c18-15-7-5-13(6-8-15)11-19-17(12-20)10-9-14-3-1-2-4-16(14)17/h1-8,19-20H,9-12H2. The molecular formula is C17H18FNO. The zero-order valence-corrected chi connectivity index (χ0v) is 11.3. The predicted molar refractivity (Wildman–Crippen MR) is 76.8 cm³/mol. The number of hydrogen-bond donors (Lipinski definition) is 2. The Morgan fingerprint density at radius 1 is 1.10 bits per heavy atom. The summed E-state index contributed by atoms with van der Waals surface area (Å²) in [6.45, 7) is 0.695. The van der Waals surface area contributed by atoms with Gasteiger partial charge in [-0.15, -0.1) is 0 Å². The Morgan fingerprint density at radius 2 is 1.85 bits per heavy atom. The summed E-state index contributed by atoms with van der Waals surface area (Å²) < 4.78 is 12.9. The third-order valence-electron chi connectivity index (χ3n) is 4.17. The van der Waals surface area contributed by atoms with E-state index < -0.39 is 0 Å². The molecule has 2 aromatic carbocycles. The van der Waals surface area contributed by atoms with Crippen molar-refractivity contribution in [3.05, 3.63) is 71.0 Å². The predicted octanol–water partition coefficient (Wildman–Crippen LogP) is 2.75. The highest BCUT2D eigenvalue weighted by Gasteiger charge is 2.37. The van der Waals surface area contributed by atoms with E-state index in [4.69, 9.17) is 0 Å². The second-order valence-corrected chi connectivity index (χ2v) is 5.38. The van der Waals surface area contributed by atoms with Crippen LogP contribution < -0.4 is 5.32 Å². The molecule has 0 aliphatic heterocycles. The van der Waals surface area contributed by atoms with Gasteiger partial charge in [-0.2, -0.15) is 0 Å². The molecule has 0 fully saturated rings. The first-order chi connectivity index (χ1) is 9.73. The van der Waals surface area contributed by atoms with Crippen LogP contribution in [-0.2, 0) is 18.5 Å². The lowest BCUT2D eigenvalue weighted by Gasteiger charge is -2.30. The highest BCUT2D eigenvalue weighted by molar-refractivity contribution is 5.39. The van der Waals surface area contributed by atoms with Crippen molar-refractivity contribution in [1.82, 2.24) is 5.32 Å². The second kappa shape index (κ2) is 5.35. The van der Waals surface area contributed by atoms with Crippen molar-refractivity contribution < 1.29 is 9.50 Å². The first-order valence-corrected chi connectivity index (χ1v) is 6.92. The van der Waals surface area contributed by atoms with Gasteiger partial charge in [-0.3, -0.25) is 0 Å². The molecule has 0 spiro atoms. The van der Waals surface area contributed by atoms with Crippen LogP contribution in [0.15, 0.2) is 48.5 Å². The number of halogens is 1. The lowest BCUT2D eigenvalue weighted by atomic mass is 9.92. The second-order valence-electron chi connectivity index (χ2n) is 5.38. The van der Waals surface area contributed by atoms with Crippen LogP contribution in [-0.4, -0.2) is 11.7 Å². The van der Waals surface area contributed by atoms with Crippen molar-refractivity contribution in [2.24, 2.45) is 0 Å². The summed E-state index contributed by atoms with van der Waals surface area (Å²) in [5, 5.41) is 13.3. The fraction of sp³-hybridized carbons (Fsp3) is 0.294. The van der Waals surface area contributed by atoms with E-state index in [1.165, 1.54) is 23.3 Å². The first-order valence-electron chi connectivity index (χ1n) is 6.92. The first kappa shape index (κ1) is 13.3. The van der Waals surface area contributed by atoms with E-state index in [-0.39, 0.29) is 18.0 Å². The monoisotopic (exact) mass is 271 g/mol. The van der Waals surface area contributed by atoms with Gasteiger partial charge in [-0.05, 0) is 41.7 Å². The fourth-order valence-electron chi connectivity index (χ4n) is 2.97.